The van der Waals surface area contributed by atoms with Crippen molar-refractivity contribution in [2.75, 3.05) is 5.32 Å². The first kappa shape index (κ1) is 18.3. The predicted molar refractivity (Wildman–Crippen MR) is 97.5 cm³/mol. The summed E-state index contributed by atoms with van der Waals surface area (Å²) in [7, 11) is 0. The molecule has 27 heavy (non-hydrogen) atoms. The van der Waals surface area contributed by atoms with Crippen LogP contribution < -0.4 is 10.1 Å². The fourth-order valence-electron chi connectivity index (χ4n) is 2.29. The van der Waals surface area contributed by atoms with E-state index >= 15 is 0 Å². The minimum Gasteiger partial charge on any atom is -0.508 e. The van der Waals surface area contributed by atoms with Crippen molar-refractivity contribution in [2.45, 2.75) is 6.61 Å². The van der Waals surface area contributed by atoms with Gasteiger partial charge in [-0.1, -0.05) is 23.7 Å². The fourth-order valence-corrected chi connectivity index (χ4v) is 2.48. The fraction of sp³-hybridized carbons (Fsp3) is 0.0526. The number of carboxylic acid groups (broad SMARTS) is 1. The number of ether oxygens (including phenoxy) is 1. The van der Waals surface area contributed by atoms with E-state index in [0.717, 1.165) is 6.07 Å². The van der Waals surface area contributed by atoms with E-state index in [1.54, 1.807) is 30.3 Å². The lowest BCUT2D eigenvalue weighted by Crippen LogP contribution is -2.14. The van der Waals surface area contributed by atoms with Gasteiger partial charge in [-0.15, -0.1) is 0 Å². The molecule has 0 atom stereocenters. The number of phenolic OH excluding ortho intramolecular Hbond substituents is 1. The minimum absolute atomic E-state index is 0.0165. The van der Waals surface area contributed by atoms with Gasteiger partial charge in [0, 0.05) is 0 Å². The number of carbonyl (C=O) groups excluding carboxylic acids is 1. The summed E-state index contributed by atoms with van der Waals surface area (Å²) in [5.74, 6) is -1.28. The summed E-state index contributed by atoms with van der Waals surface area (Å²) < 4.78 is 11.0. The Morgan fingerprint density at radius 1 is 1.11 bits per heavy atom. The second kappa shape index (κ2) is 7.84. The van der Waals surface area contributed by atoms with Crippen molar-refractivity contribution in [3.05, 3.63) is 76.7 Å². The molecule has 1 aromatic heterocycles. The standard InChI is InChI=1S/C19H14ClNO6/c20-14-3-1-2-4-16(14)26-10-12-6-8-17(27-12)18(23)21-15-7-5-11(22)9-13(15)19(24)25/h1-9,22H,10H2,(H,21,23)(H,24,25). The number of amides is 1. The van der Waals surface area contributed by atoms with E-state index in [2.05, 4.69) is 5.32 Å². The van der Waals surface area contributed by atoms with Crippen molar-refractivity contribution >= 4 is 29.2 Å². The number of nitrogens with one attached hydrogen (secondary N) is 1. The van der Waals surface area contributed by atoms with Crippen LogP contribution in [-0.2, 0) is 6.61 Å². The average Bonchev–Trinajstić information content (AvgIpc) is 3.11. The number of para-hydroxylation sites is 1. The number of hydrogen-bond acceptors (Lipinski definition) is 5. The number of aromatic hydroxyl groups is 1. The number of anilines is 1. The largest absolute Gasteiger partial charge is 0.508 e. The lowest BCUT2D eigenvalue weighted by atomic mass is 10.1. The zero-order valence-corrected chi connectivity index (χ0v) is 14.6. The van der Waals surface area contributed by atoms with Crippen LogP contribution in [0.3, 0.4) is 0 Å². The molecular weight excluding hydrogens is 374 g/mol. The molecule has 0 radical (unpaired) electrons. The zero-order chi connectivity index (χ0) is 19.4. The van der Waals surface area contributed by atoms with Crippen molar-refractivity contribution in [3.63, 3.8) is 0 Å². The van der Waals surface area contributed by atoms with E-state index in [-0.39, 0.29) is 29.4 Å². The van der Waals surface area contributed by atoms with E-state index < -0.39 is 11.9 Å². The Hall–Kier alpha value is -3.45. The van der Waals surface area contributed by atoms with Gasteiger partial charge in [0.25, 0.3) is 5.91 Å². The normalized spacial score (nSPS) is 10.4. The molecule has 0 saturated carbocycles. The first-order valence-corrected chi connectivity index (χ1v) is 8.15. The summed E-state index contributed by atoms with van der Waals surface area (Å²) >= 11 is 6.00. The molecule has 1 amide bonds. The second-order valence-electron chi connectivity index (χ2n) is 5.47. The highest BCUT2D eigenvalue weighted by Crippen LogP contribution is 2.25. The highest BCUT2D eigenvalue weighted by molar-refractivity contribution is 6.32. The van der Waals surface area contributed by atoms with Crippen LogP contribution in [0.15, 0.2) is 59.0 Å². The summed E-state index contributed by atoms with van der Waals surface area (Å²) in [5.41, 5.74) is -0.201. The van der Waals surface area contributed by atoms with Crippen molar-refractivity contribution in [1.82, 2.24) is 0 Å². The minimum atomic E-state index is -1.28. The molecule has 0 unspecified atom stereocenters. The van der Waals surface area contributed by atoms with Crippen LogP contribution >= 0.6 is 11.6 Å². The number of hydrogen-bond donors (Lipinski definition) is 3. The average molecular weight is 388 g/mol. The number of rotatable bonds is 6. The SMILES string of the molecule is O=C(Nc1ccc(O)cc1C(=O)O)c1ccc(COc2ccccc2Cl)o1. The Kier molecular flexibility index (Phi) is 5.33. The van der Waals surface area contributed by atoms with E-state index in [0.29, 0.717) is 16.5 Å². The Morgan fingerprint density at radius 2 is 1.89 bits per heavy atom. The third-order valence-electron chi connectivity index (χ3n) is 3.57. The van der Waals surface area contributed by atoms with Gasteiger partial charge in [0.05, 0.1) is 16.3 Å². The maximum Gasteiger partial charge on any atom is 0.337 e. The Labute approximate surface area is 158 Å². The third-order valence-corrected chi connectivity index (χ3v) is 3.89. The summed E-state index contributed by atoms with van der Waals surface area (Å²) in [6, 6.07) is 13.6. The molecule has 0 saturated heterocycles. The van der Waals surface area contributed by atoms with Crippen molar-refractivity contribution in [2.24, 2.45) is 0 Å². The van der Waals surface area contributed by atoms with Crippen LogP contribution in [0.4, 0.5) is 5.69 Å². The van der Waals surface area contributed by atoms with Crippen LogP contribution in [0.25, 0.3) is 0 Å². The molecule has 0 aliphatic rings. The van der Waals surface area contributed by atoms with E-state index in [9.17, 15) is 14.7 Å². The summed E-state index contributed by atoms with van der Waals surface area (Å²) in [6.07, 6.45) is 0. The molecule has 3 aromatic rings. The lowest BCUT2D eigenvalue weighted by molar-refractivity contribution is 0.0697. The van der Waals surface area contributed by atoms with Gasteiger partial charge in [-0.05, 0) is 42.5 Å². The van der Waals surface area contributed by atoms with Crippen molar-refractivity contribution in [3.8, 4) is 11.5 Å². The molecular formula is C19H14ClNO6. The van der Waals surface area contributed by atoms with Gasteiger partial charge in [-0.3, -0.25) is 4.79 Å². The molecule has 138 valence electrons. The Bertz CT molecular complexity index is 997. The Balaban J connectivity index is 1.69. The molecule has 1 heterocycles. The lowest BCUT2D eigenvalue weighted by Gasteiger charge is -2.08. The van der Waals surface area contributed by atoms with Gasteiger partial charge < -0.3 is 24.7 Å². The maximum absolute atomic E-state index is 12.3. The predicted octanol–water partition coefficient (Wildman–Crippen LogP) is 4.17. The number of carboxylic acids is 1. The van der Waals surface area contributed by atoms with Crippen LogP contribution in [0.2, 0.25) is 5.02 Å². The molecule has 0 bridgehead atoms. The van der Waals surface area contributed by atoms with Gasteiger partial charge in [0.2, 0.25) is 0 Å². The van der Waals surface area contributed by atoms with Gasteiger partial charge in [-0.25, -0.2) is 4.79 Å². The van der Waals surface area contributed by atoms with E-state index in [1.807, 2.05) is 0 Å². The van der Waals surface area contributed by atoms with Gasteiger partial charge in [0.15, 0.2) is 5.76 Å². The molecule has 3 N–H and O–H groups in total. The highest BCUT2D eigenvalue weighted by Gasteiger charge is 2.17. The van der Waals surface area contributed by atoms with Crippen LogP contribution in [0.5, 0.6) is 11.5 Å². The molecule has 0 spiro atoms. The first-order valence-electron chi connectivity index (χ1n) is 7.78. The molecule has 0 fully saturated rings. The van der Waals surface area contributed by atoms with Gasteiger partial charge >= 0.3 is 5.97 Å². The molecule has 7 nitrogen and oxygen atoms in total. The van der Waals surface area contributed by atoms with Crippen LogP contribution in [0.1, 0.15) is 26.7 Å². The van der Waals surface area contributed by atoms with Crippen LogP contribution in [0, 0.1) is 0 Å². The maximum atomic E-state index is 12.3. The van der Waals surface area contributed by atoms with Gasteiger partial charge in [0.1, 0.15) is 23.9 Å². The topological polar surface area (TPSA) is 109 Å². The van der Waals surface area contributed by atoms with Crippen molar-refractivity contribution in [1.29, 1.82) is 0 Å². The molecule has 0 aliphatic heterocycles. The van der Waals surface area contributed by atoms with Crippen molar-refractivity contribution < 1.29 is 29.0 Å². The molecule has 3 rings (SSSR count). The number of halogens is 1. The number of carbonyl (C=O) groups is 2. The number of phenols is 1. The zero-order valence-electron chi connectivity index (χ0n) is 13.8. The summed E-state index contributed by atoms with van der Waals surface area (Å²) in [4.78, 5) is 23.5. The Morgan fingerprint density at radius 3 is 2.63 bits per heavy atom. The molecule has 2 aromatic carbocycles. The summed E-state index contributed by atoms with van der Waals surface area (Å²) in [6.45, 7) is 0.0661. The van der Waals surface area contributed by atoms with E-state index in [1.165, 1.54) is 18.2 Å². The quantitative estimate of drug-likeness (QED) is 0.548. The number of benzene rings is 2. The molecule has 8 heteroatoms. The van der Waals surface area contributed by atoms with Crippen LogP contribution in [-0.4, -0.2) is 22.1 Å². The number of furan rings is 1. The smallest absolute Gasteiger partial charge is 0.337 e. The monoisotopic (exact) mass is 387 g/mol. The third kappa shape index (κ3) is 4.39. The van der Waals surface area contributed by atoms with E-state index in [4.69, 9.17) is 25.9 Å². The number of aromatic carboxylic acids is 1. The highest BCUT2D eigenvalue weighted by atomic mass is 35.5. The molecule has 0 aliphatic carbocycles. The first-order chi connectivity index (χ1) is 12.9. The second-order valence-corrected chi connectivity index (χ2v) is 5.88. The van der Waals surface area contributed by atoms with Gasteiger partial charge in [-0.2, -0.15) is 0 Å². The summed E-state index contributed by atoms with van der Waals surface area (Å²) in [5, 5.41) is 21.5.